The quantitative estimate of drug-likeness (QED) is 0.312. The van der Waals surface area contributed by atoms with Crippen LogP contribution in [0.15, 0.2) is 40.2 Å². The maximum absolute atomic E-state index is 12.6. The molecule has 2 N–H and O–H groups in total. The molecule has 0 saturated carbocycles. The fraction of sp³-hybridized carbons (Fsp3) is 0.611. The maximum Gasteiger partial charge on any atom is 0.191 e. The Hall–Kier alpha value is -0.870. The van der Waals surface area contributed by atoms with Crippen molar-refractivity contribution in [2.24, 2.45) is 4.99 Å². The highest BCUT2D eigenvalue weighted by molar-refractivity contribution is 14.0. The van der Waals surface area contributed by atoms with Crippen molar-refractivity contribution in [1.29, 1.82) is 0 Å². The van der Waals surface area contributed by atoms with Crippen LogP contribution in [0.3, 0.4) is 0 Å². The lowest BCUT2D eigenvalue weighted by atomic mass is 10.1. The minimum Gasteiger partial charge on any atom is -0.377 e. The monoisotopic (exact) mass is 497 g/mol. The summed E-state index contributed by atoms with van der Waals surface area (Å²) < 4.78 is 30.5. The second kappa shape index (κ2) is 11.8. The standard InChI is InChI=1S/C18H31N3O3S.HI/c1-6-15(13-25(22,23)16-11-9-8-10-12-16)21-17(19-7-2)20-14-18(3,4)24-5;/h8-12,15H,6-7,13-14H2,1-5H3,(H2,19,20,21);1H. The molecular weight excluding hydrogens is 465 g/mol. The molecule has 0 aliphatic rings. The lowest BCUT2D eigenvalue weighted by molar-refractivity contribution is 0.0310. The van der Waals surface area contributed by atoms with E-state index in [9.17, 15) is 8.42 Å². The zero-order valence-electron chi connectivity index (χ0n) is 16.3. The van der Waals surface area contributed by atoms with Crippen LogP contribution in [-0.4, -0.2) is 52.0 Å². The predicted octanol–water partition coefficient (Wildman–Crippen LogP) is 2.84. The molecular formula is C18H32IN3O3S. The van der Waals surface area contributed by atoms with Crippen molar-refractivity contribution in [3.63, 3.8) is 0 Å². The number of sulfone groups is 1. The van der Waals surface area contributed by atoms with E-state index in [0.29, 0.717) is 30.4 Å². The fourth-order valence-electron chi connectivity index (χ4n) is 2.10. The molecule has 0 heterocycles. The Morgan fingerprint density at radius 2 is 1.85 bits per heavy atom. The maximum atomic E-state index is 12.6. The van der Waals surface area contributed by atoms with Crippen molar-refractivity contribution in [2.45, 2.75) is 50.7 Å². The molecule has 0 radical (unpaired) electrons. The highest BCUT2D eigenvalue weighted by atomic mass is 127. The largest absolute Gasteiger partial charge is 0.377 e. The molecule has 1 aromatic rings. The summed E-state index contributed by atoms with van der Waals surface area (Å²) in [6.07, 6.45) is 0.671. The Bertz CT molecular complexity index is 649. The minimum absolute atomic E-state index is 0. The molecule has 0 fully saturated rings. The van der Waals surface area contributed by atoms with Gasteiger partial charge in [0.25, 0.3) is 0 Å². The Morgan fingerprint density at radius 3 is 2.35 bits per heavy atom. The van der Waals surface area contributed by atoms with Crippen molar-refractivity contribution in [3.8, 4) is 0 Å². The van der Waals surface area contributed by atoms with Crippen LogP contribution >= 0.6 is 24.0 Å². The number of halogens is 1. The zero-order chi connectivity index (χ0) is 18.9. The number of rotatable bonds is 9. The first-order valence-electron chi connectivity index (χ1n) is 8.62. The first-order valence-corrected chi connectivity index (χ1v) is 10.3. The van der Waals surface area contributed by atoms with Crippen molar-refractivity contribution in [1.82, 2.24) is 10.6 Å². The van der Waals surface area contributed by atoms with Gasteiger partial charge in [-0.25, -0.2) is 8.42 Å². The molecule has 0 aliphatic heterocycles. The number of hydrogen-bond acceptors (Lipinski definition) is 4. The number of methoxy groups -OCH3 is 1. The molecule has 26 heavy (non-hydrogen) atoms. The Morgan fingerprint density at radius 1 is 1.23 bits per heavy atom. The number of nitrogens with zero attached hydrogens (tertiary/aromatic N) is 1. The summed E-state index contributed by atoms with van der Waals surface area (Å²) in [5.74, 6) is 0.619. The first-order chi connectivity index (χ1) is 11.7. The van der Waals surface area contributed by atoms with Gasteiger partial charge in [-0.3, -0.25) is 4.99 Å². The van der Waals surface area contributed by atoms with Crippen LogP contribution in [0.5, 0.6) is 0 Å². The van der Waals surface area contributed by atoms with E-state index in [1.807, 2.05) is 33.8 Å². The summed E-state index contributed by atoms with van der Waals surface area (Å²) in [5.41, 5.74) is -0.375. The van der Waals surface area contributed by atoms with E-state index >= 15 is 0 Å². The molecule has 0 amide bonds. The van der Waals surface area contributed by atoms with Crippen molar-refractivity contribution >= 4 is 39.8 Å². The summed E-state index contributed by atoms with van der Waals surface area (Å²) in [4.78, 5) is 4.87. The molecule has 0 saturated heterocycles. The third-order valence-electron chi connectivity index (χ3n) is 3.87. The van der Waals surface area contributed by atoms with Gasteiger partial charge in [0.2, 0.25) is 0 Å². The van der Waals surface area contributed by atoms with E-state index in [-0.39, 0.29) is 41.4 Å². The van der Waals surface area contributed by atoms with Crippen molar-refractivity contribution in [3.05, 3.63) is 30.3 Å². The molecule has 0 spiro atoms. The van der Waals surface area contributed by atoms with Gasteiger partial charge >= 0.3 is 0 Å². The zero-order valence-corrected chi connectivity index (χ0v) is 19.4. The summed E-state index contributed by atoms with van der Waals surface area (Å²) in [7, 11) is -1.70. The lowest BCUT2D eigenvalue weighted by Crippen LogP contribution is -2.46. The van der Waals surface area contributed by atoms with Gasteiger partial charge in [0.15, 0.2) is 15.8 Å². The van der Waals surface area contributed by atoms with Gasteiger partial charge in [-0.2, -0.15) is 0 Å². The summed E-state index contributed by atoms with van der Waals surface area (Å²) in [6.45, 7) is 9.01. The SMILES string of the molecule is CCNC(=NCC(C)(C)OC)NC(CC)CS(=O)(=O)c1ccccc1.I. The number of guanidine groups is 1. The number of ether oxygens (including phenoxy) is 1. The Labute approximate surface area is 175 Å². The normalized spacial score (nSPS) is 13.7. The Balaban J connectivity index is 0.00000625. The highest BCUT2D eigenvalue weighted by Gasteiger charge is 2.21. The average Bonchev–Trinajstić information content (AvgIpc) is 2.60. The fourth-order valence-corrected chi connectivity index (χ4v) is 3.71. The second-order valence-corrected chi connectivity index (χ2v) is 8.54. The first kappa shape index (κ1) is 25.1. The molecule has 1 aromatic carbocycles. The molecule has 0 aliphatic carbocycles. The highest BCUT2D eigenvalue weighted by Crippen LogP contribution is 2.12. The molecule has 0 aromatic heterocycles. The predicted molar refractivity (Wildman–Crippen MR) is 118 cm³/mol. The average molecular weight is 497 g/mol. The van der Waals surface area contributed by atoms with Gasteiger partial charge in [0.1, 0.15) is 0 Å². The van der Waals surface area contributed by atoms with Crippen LogP contribution in [0.4, 0.5) is 0 Å². The van der Waals surface area contributed by atoms with Crippen LogP contribution in [0, 0.1) is 0 Å². The molecule has 8 heteroatoms. The lowest BCUT2D eigenvalue weighted by Gasteiger charge is -2.23. The van der Waals surface area contributed by atoms with E-state index in [2.05, 4.69) is 15.6 Å². The third kappa shape index (κ3) is 8.68. The van der Waals surface area contributed by atoms with Gasteiger partial charge in [-0.15, -0.1) is 24.0 Å². The van der Waals surface area contributed by atoms with E-state index < -0.39 is 9.84 Å². The van der Waals surface area contributed by atoms with E-state index in [1.54, 1.807) is 31.4 Å². The molecule has 1 atom stereocenters. The third-order valence-corrected chi connectivity index (χ3v) is 5.70. The van der Waals surface area contributed by atoms with Crippen molar-refractivity contribution < 1.29 is 13.2 Å². The molecule has 1 rings (SSSR count). The van der Waals surface area contributed by atoms with Gasteiger partial charge in [-0.05, 0) is 39.3 Å². The molecule has 1 unspecified atom stereocenters. The van der Waals surface area contributed by atoms with Crippen LogP contribution in [-0.2, 0) is 14.6 Å². The second-order valence-electron chi connectivity index (χ2n) is 6.50. The topological polar surface area (TPSA) is 79.8 Å². The summed E-state index contributed by atoms with van der Waals surface area (Å²) >= 11 is 0. The van der Waals surface area contributed by atoms with E-state index in [1.165, 1.54) is 0 Å². The van der Waals surface area contributed by atoms with Gasteiger partial charge < -0.3 is 15.4 Å². The smallest absolute Gasteiger partial charge is 0.191 e. The number of aliphatic imine (C=N–C) groups is 1. The number of hydrogen-bond donors (Lipinski definition) is 2. The van der Waals surface area contributed by atoms with Crippen molar-refractivity contribution in [2.75, 3.05) is 26.0 Å². The van der Waals surface area contributed by atoms with Gasteiger partial charge in [0.05, 0.1) is 22.8 Å². The molecule has 0 bridgehead atoms. The summed E-state index contributed by atoms with van der Waals surface area (Å²) in [6, 6.07) is 8.31. The number of nitrogens with one attached hydrogen (secondary N) is 2. The molecule has 6 nitrogen and oxygen atoms in total. The number of benzene rings is 1. The minimum atomic E-state index is -3.35. The summed E-state index contributed by atoms with van der Waals surface area (Å²) in [5, 5.41) is 6.39. The molecule has 150 valence electrons. The van der Waals surface area contributed by atoms with Crippen LogP contribution in [0.2, 0.25) is 0 Å². The van der Waals surface area contributed by atoms with Crippen LogP contribution in [0.25, 0.3) is 0 Å². The Kier molecular flexibility index (Phi) is 11.4. The van der Waals surface area contributed by atoms with Crippen LogP contribution in [0.1, 0.15) is 34.1 Å². The van der Waals surface area contributed by atoms with E-state index in [4.69, 9.17) is 4.74 Å². The van der Waals surface area contributed by atoms with Gasteiger partial charge in [-0.1, -0.05) is 25.1 Å². The van der Waals surface area contributed by atoms with Crippen LogP contribution < -0.4 is 10.6 Å². The van der Waals surface area contributed by atoms with E-state index in [0.717, 1.165) is 0 Å². The van der Waals surface area contributed by atoms with Gasteiger partial charge in [0, 0.05) is 19.7 Å².